The third-order valence-electron chi connectivity index (χ3n) is 4.83. The van der Waals surface area contributed by atoms with Gasteiger partial charge in [0.15, 0.2) is 5.78 Å². The summed E-state index contributed by atoms with van der Waals surface area (Å²) in [7, 11) is 0. The Hall–Kier alpha value is -2.43. The van der Waals surface area contributed by atoms with E-state index in [0.29, 0.717) is 13.1 Å². The van der Waals surface area contributed by atoms with Gasteiger partial charge in [-0.05, 0) is 18.9 Å². The molecule has 1 aromatic carbocycles. The predicted octanol–water partition coefficient (Wildman–Crippen LogP) is 1.91. The van der Waals surface area contributed by atoms with Crippen LogP contribution in [0.1, 0.15) is 34.5 Å². The number of nitrogens with zero attached hydrogens (tertiary/aromatic N) is 2. The summed E-state index contributed by atoms with van der Waals surface area (Å²) >= 11 is 0. The smallest absolute Gasteiger partial charge is 0.226 e. The van der Waals surface area contributed by atoms with E-state index in [4.69, 9.17) is 0 Å². The molecule has 110 valence electrons. The maximum atomic E-state index is 12.4. The molecule has 22 heavy (non-hydrogen) atoms. The number of benzene rings is 1. The first-order valence-electron chi connectivity index (χ1n) is 7.71. The van der Waals surface area contributed by atoms with Crippen molar-refractivity contribution in [2.75, 3.05) is 13.1 Å². The summed E-state index contributed by atoms with van der Waals surface area (Å²) in [6.07, 6.45) is 2.01. The van der Waals surface area contributed by atoms with Crippen LogP contribution in [0.4, 0.5) is 0 Å². The fourth-order valence-corrected chi connectivity index (χ4v) is 3.60. The molecule has 0 bridgehead atoms. The number of hydrogen-bond donors (Lipinski definition) is 1. The Kier molecular flexibility index (Phi) is 2.24. The van der Waals surface area contributed by atoms with Gasteiger partial charge in [0.05, 0.1) is 18.8 Å². The molecule has 0 atom stereocenters. The molecule has 1 amide bonds. The molecule has 3 heterocycles. The summed E-state index contributed by atoms with van der Waals surface area (Å²) in [6.45, 7) is 1.29. The Bertz CT molecular complexity index is 873. The molecular formula is C17H15N3O2. The average molecular weight is 293 g/mol. The van der Waals surface area contributed by atoms with Crippen LogP contribution < -0.4 is 0 Å². The van der Waals surface area contributed by atoms with Gasteiger partial charge >= 0.3 is 0 Å². The molecule has 1 N–H and O–H groups in total. The normalized spacial score (nSPS) is 20.1. The second kappa shape index (κ2) is 4.06. The second-order valence-electron chi connectivity index (χ2n) is 6.36. The molecule has 1 saturated carbocycles. The third kappa shape index (κ3) is 1.56. The molecule has 5 nitrogen and oxygen atoms in total. The van der Waals surface area contributed by atoms with Crippen LogP contribution >= 0.6 is 0 Å². The van der Waals surface area contributed by atoms with E-state index >= 15 is 0 Å². The summed E-state index contributed by atoms with van der Waals surface area (Å²) in [5.41, 5.74) is 4.65. The van der Waals surface area contributed by atoms with Gasteiger partial charge in [-0.1, -0.05) is 12.1 Å². The maximum absolute atomic E-state index is 12.4. The number of H-pyrrole nitrogens is 1. The van der Waals surface area contributed by atoms with Gasteiger partial charge in [-0.15, -0.1) is 0 Å². The van der Waals surface area contributed by atoms with E-state index in [1.165, 1.54) is 0 Å². The molecule has 0 radical (unpaired) electrons. The van der Waals surface area contributed by atoms with Crippen LogP contribution in [0.3, 0.4) is 0 Å². The predicted molar refractivity (Wildman–Crippen MR) is 82.2 cm³/mol. The molecule has 1 aromatic heterocycles. The van der Waals surface area contributed by atoms with Crippen molar-refractivity contribution >= 4 is 28.3 Å². The Morgan fingerprint density at radius 3 is 2.95 bits per heavy atom. The first-order valence-corrected chi connectivity index (χ1v) is 7.71. The van der Waals surface area contributed by atoms with Crippen molar-refractivity contribution in [1.29, 1.82) is 0 Å². The van der Waals surface area contributed by atoms with Crippen LogP contribution in [0.15, 0.2) is 23.2 Å². The first-order chi connectivity index (χ1) is 10.7. The quantitative estimate of drug-likeness (QED) is 0.872. The molecule has 0 saturated heterocycles. The number of hydrogen-bond acceptors (Lipinski definition) is 3. The number of nitrogens with one attached hydrogen (secondary N) is 1. The van der Waals surface area contributed by atoms with Crippen molar-refractivity contribution in [2.45, 2.75) is 19.4 Å². The number of aromatic nitrogens is 1. The van der Waals surface area contributed by atoms with Crippen LogP contribution in [0.5, 0.6) is 0 Å². The van der Waals surface area contributed by atoms with E-state index in [9.17, 15) is 9.59 Å². The number of aromatic amines is 1. The van der Waals surface area contributed by atoms with E-state index in [1.54, 1.807) is 0 Å². The lowest BCUT2D eigenvalue weighted by atomic mass is 9.97. The topological polar surface area (TPSA) is 65.5 Å². The van der Waals surface area contributed by atoms with E-state index < -0.39 is 0 Å². The van der Waals surface area contributed by atoms with Gasteiger partial charge in [0, 0.05) is 33.6 Å². The first kappa shape index (κ1) is 12.1. The molecule has 3 aliphatic rings. The van der Waals surface area contributed by atoms with Gasteiger partial charge in [0.2, 0.25) is 5.91 Å². The molecule has 5 rings (SSSR count). The van der Waals surface area contributed by atoms with Gasteiger partial charge in [-0.25, -0.2) is 0 Å². The van der Waals surface area contributed by atoms with E-state index in [1.807, 2.05) is 23.1 Å². The number of carbonyl (C=O) groups excluding carboxylic acids is 2. The van der Waals surface area contributed by atoms with E-state index in [0.717, 1.165) is 46.3 Å². The molecule has 1 fully saturated rings. The zero-order valence-corrected chi connectivity index (χ0v) is 12.1. The van der Waals surface area contributed by atoms with Crippen LogP contribution in [0, 0.1) is 5.92 Å². The third-order valence-corrected chi connectivity index (χ3v) is 4.83. The molecule has 5 heteroatoms. The lowest BCUT2D eigenvalue weighted by Crippen LogP contribution is -2.40. The van der Waals surface area contributed by atoms with Gasteiger partial charge < -0.3 is 9.88 Å². The average Bonchev–Trinajstić information content (AvgIpc) is 3.31. The summed E-state index contributed by atoms with van der Waals surface area (Å²) < 4.78 is 0. The van der Waals surface area contributed by atoms with Gasteiger partial charge in [0.1, 0.15) is 6.54 Å². The molecule has 2 aromatic rings. The summed E-state index contributed by atoms with van der Waals surface area (Å²) in [4.78, 5) is 34.5. The highest BCUT2D eigenvalue weighted by atomic mass is 16.2. The molecule has 0 spiro atoms. The molecule has 2 aliphatic heterocycles. The van der Waals surface area contributed by atoms with E-state index in [2.05, 4.69) is 9.98 Å². The van der Waals surface area contributed by atoms with Gasteiger partial charge in [-0.2, -0.15) is 0 Å². The fourth-order valence-electron chi connectivity index (χ4n) is 3.60. The minimum absolute atomic E-state index is 0.0503. The summed E-state index contributed by atoms with van der Waals surface area (Å²) in [6, 6.07) is 5.76. The molecule has 1 aliphatic carbocycles. The Morgan fingerprint density at radius 2 is 2.14 bits per heavy atom. The van der Waals surface area contributed by atoms with Crippen molar-refractivity contribution in [3.63, 3.8) is 0 Å². The number of Topliss-reactive ketones (excluding diaryl/α,β-unsaturated/α-hetero) is 1. The number of amides is 1. The highest BCUT2D eigenvalue weighted by Crippen LogP contribution is 2.36. The minimum Gasteiger partial charge on any atom is -0.356 e. The second-order valence-corrected chi connectivity index (χ2v) is 6.36. The van der Waals surface area contributed by atoms with Gasteiger partial charge in [-0.3, -0.25) is 14.6 Å². The van der Waals surface area contributed by atoms with Gasteiger partial charge in [0.25, 0.3) is 0 Å². The summed E-state index contributed by atoms with van der Waals surface area (Å²) in [5.74, 6) is 0.478. The van der Waals surface area contributed by atoms with Crippen LogP contribution in [0.25, 0.3) is 10.9 Å². The highest BCUT2D eigenvalue weighted by molar-refractivity contribution is 6.22. The number of carbonyl (C=O) groups is 2. The van der Waals surface area contributed by atoms with Crippen LogP contribution in [-0.2, 0) is 11.3 Å². The minimum atomic E-state index is 0.0503. The Labute approximate surface area is 127 Å². The standard InChI is InChI=1S/C17H15N3O2/c21-14-6-18-12-7-20(17(22)9-4-5-9)8-13-16(12)15-10(14)2-1-3-11(15)19-13/h1-3,9,19H,4-8H2. The number of ketones is 1. The number of aliphatic imine (C=N–C) groups is 1. The lowest BCUT2D eigenvalue weighted by Gasteiger charge is -2.28. The fraction of sp³-hybridized carbons (Fsp3) is 0.353. The Balaban J connectivity index is 1.71. The monoisotopic (exact) mass is 293 g/mol. The van der Waals surface area contributed by atoms with Crippen LogP contribution in [-0.4, -0.2) is 40.4 Å². The van der Waals surface area contributed by atoms with Crippen molar-refractivity contribution in [3.05, 3.63) is 35.0 Å². The SMILES string of the molecule is O=C1CN=C2CN(C(=O)C3CC3)Cc3[nH]c4cccc1c4c32. The van der Waals surface area contributed by atoms with Crippen molar-refractivity contribution < 1.29 is 9.59 Å². The van der Waals surface area contributed by atoms with Crippen molar-refractivity contribution in [1.82, 2.24) is 9.88 Å². The lowest BCUT2D eigenvalue weighted by molar-refractivity contribution is -0.132. The Morgan fingerprint density at radius 1 is 1.27 bits per heavy atom. The zero-order valence-electron chi connectivity index (χ0n) is 12.1. The summed E-state index contributed by atoms with van der Waals surface area (Å²) in [5, 5.41) is 0.984. The zero-order chi connectivity index (χ0) is 14.8. The number of rotatable bonds is 1. The largest absolute Gasteiger partial charge is 0.356 e. The molecule has 0 unspecified atom stereocenters. The van der Waals surface area contributed by atoms with Crippen molar-refractivity contribution in [3.8, 4) is 0 Å². The van der Waals surface area contributed by atoms with E-state index in [-0.39, 0.29) is 24.2 Å². The molecular weight excluding hydrogens is 278 g/mol. The van der Waals surface area contributed by atoms with Crippen molar-refractivity contribution in [2.24, 2.45) is 10.9 Å². The maximum Gasteiger partial charge on any atom is 0.226 e. The highest BCUT2D eigenvalue weighted by Gasteiger charge is 2.37. The van der Waals surface area contributed by atoms with Crippen LogP contribution in [0.2, 0.25) is 0 Å².